The molecule has 1 heterocycles. The second kappa shape index (κ2) is 8.29. The number of benzene rings is 1. The van der Waals surface area contributed by atoms with E-state index in [1.54, 1.807) is 4.90 Å². The molecule has 0 radical (unpaired) electrons. The van der Waals surface area contributed by atoms with Crippen molar-refractivity contribution in [1.82, 2.24) is 10.2 Å². The largest absolute Gasteiger partial charge is 0.342 e. The highest BCUT2D eigenvalue weighted by Crippen LogP contribution is 2.18. The zero-order chi connectivity index (χ0) is 14.5. The molecule has 1 aromatic carbocycles. The third-order valence-electron chi connectivity index (χ3n) is 3.74. The van der Waals surface area contributed by atoms with E-state index in [0.29, 0.717) is 19.0 Å². The van der Waals surface area contributed by atoms with Crippen molar-refractivity contribution in [3.8, 4) is 0 Å². The first kappa shape index (κ1) is 17.9. The molecule has 1 saturated heterocycles. The van der Waals surface area contributed by atoms with Gasteiger partial charge in [-0.2, -0.15) is 0 Å². The van der Waals surface area contributed by atoms with E-state index < -0.39 is 11.6 Å². The zero-order valence-electron chi connectivity index (χ0n) is 12.1. The summed E-state index contributed by atoms with van der Waals surface area (Å²) < 4.78 is 26.7. The Bertz CT molecular complexity index is 483. The monoisotopic (exact) mass is 318 g/mol. The number of nitrogens with one attached hydrogen (secondary N) is 1. The van der Waals surface area contributed by atoms with Crippen molar-refractivity contribution in [2.45, 2.75) is 19.3 Å². The molecule has 0 bridgehead atoms. The second-order valence-corrected chi connectivity index (χ2v) is 5.30. The maximum atomic E-state index is 13.6. The first-order valence-corrected chi connectivity index (χ1v) is 6.97. The predicted octanol–water partition coefficient (Wildman–Crippen LogP) is 2.39. The second-order valence-electron chi connectivity index (χ2n) is 5.30. The minimum absolute atomic E-state index is 0. The van der Waals surface area contributed by atoms with Gasteiger partial charge in [0.15, 0.2) is 11.6 Å². The van der Waals surface area contributed by atoms with E-state index in [9.17, 15) is 13.6 Å². The van der Waals surface area contributed by atoms with E-state index in [4.69, 9.17) is 0 Å². The van der Waals surface area contributed by atoms with Gasteiger partial charge in [-0.3, -0.25) is 4.79 Å². The fraction of sp³-hybridized carbons (Fsp3) is 0.533. The highest BCUT2D eigenvalue weighted by atomic mass is 35.5. The Labute approximate surface area is 130 Å². The summed E-state index contributed by atoms with van der Waals surface area (Å²) in [6.45, 7) is 2.27. The smallest absolute Gasteiger partial charge is 0.227 e. The van der Waals surface area contributed by atoms with E-state index in [-0.39, 0.29) is 30.3 Å². The molecule has 1 atom stereocenters. The molecule has 1 fully saturated rings. The summed E-state index contributed by atoms with van der Waals surface area (Å²) in [7, 11) is 1.89. The highest BCUT2D eigenvalue weighted by molar-refractivity contribution is 5.85. The molecule has 1 N–H and O–H groups in total. The molecule has 1 aliphatic rings. The van der Waals surface area contributed by atoms with E-state index in [1.807, 2.05) is 7.05 Å². The molecule has 21 heavy (non-hydrogen) atoms. The molecular formula is C15H21ClF2N2O. The highest BCUT2D eigenvalue weighted by Gasteiger charge is 2.24. The van der Waals surface area contributed by atoms with Crippen molar-refractivity contribution in [1.29, 1.82) is 0 Å². The molecule has 0 spiro atoms. The average Bonchev–Trinajstić information content (AvgIpc) is 2.44. The Balaban J connectivity index is 0.00000220. The molecular weight excluding hydrogens is 298 g/mol. The number of carbonyl (C=O) groups excluding carboxylic acids is 1. The fourth-order valence-electron chi connectivity index (χ4n) is 2.71. The summed E-state index contributed by atoms with van der Waals surface area (Å²) in [5.74, 6) is -1.50. The molecule has 1 amide bonds. The van der Waals surface area contributed by atoms with Gasteiger partial charge >= 0.3 is 0 Å². The first-order chi connectivity index (χ1) is 9.61. The van der Waals surface area contributed by atoms with Crippen molar-refractivity contribution in [3.63, 3.8) is 0 Å². The average molecular weight is 319 g/mol. The van der Waals surface area contributed by atoms with Gasteiger partial charge in [-0.1, -0.05) is 12.1 Å². The number of piperidine rings is 1. The number of amides is 1. The molecule has 0 saturated carbocycles. The van der Waals surface area contributed by atoms with Gasteiger partial charge in [0.2, 0.25) is 5.91 Å². The van der Waals surface area contributed by atoms with Crippen LogP contribution >= 0.6 is 12.4 Å². The Hall–Kier alpha value is -1.20. The van der Waals surface area contributed by atoms with Crippen LogP contribution in [0.4, 0.5) is 8.78 Å². The zero-order valence-corrected chi connectivity index (χ0v) is 12.9. The van der Waals surface area contributed by atoms with Gasteiger partial charge in [-0.15, -0.1) is 12.4 Å². The van der Waals surface area contributed by atoms with Gasteiger partial charge in [0, 0.05) is 18.7 Å². The molecule has 2 rings (SSSR count). The Morgan fingerprint density at radius 3 is 2.90 bits per heavy atom. The number of likely N-dealkylation sites (tertiary alicyclic amines) is 1. The van der Waals surface area contributed by atoms with Crippen LogP contribution in [0.15, 0.2) is 18.2 Å². The van der Waals surface area contributed by atoms with Crippen LogP contribution in [-0.2, 0) is 11.2 Å². The topological polar surface area (TPSA) is 32.3 Å². The van der Waals surface area contributed by atoms with Crippen LogP contribution in [-0.4, -0.2) is 37.5 Å². The van der Waals surface area contributed by atoms with Crippen molar-refractivity contribution in [2.24, 2.45) is 5.92 Å². The van der Waals surface area contributed by atoms with Crippen LogP contribution in [0.5, 0.6) is 0 Å². The lowest BCUT2D eigenvalue weighted by atomic mass is 9.97. The van der Waals surface area contributed by atoms with Crippen molar-refractivity contribution < 1.29 is 13.6 Å². The number of nitrogens with zero attached hydrogens (tertiary/aromatic N) is 1. The Morgan fingerprint density at radius 1 is 1.43 bits per heavy atom. The Morgan fingerprint density at radius 2 is 2.19 bits per heavy atom. The minimum atomic E-state index is -0.912. The third-order valence-corrected chi connectivity index (χ3v) is 3.74. The third kappa shape index (κ3) is 4.64. The van der Waals surface area contributed by atoms with Gasteiger partial charge in [-0.05, 0) is 38.4 Å². The molecule has 1 aromatic rings. The Kier molecular flexibility index (Phi) is 7.05. The van der Waals surface area contributed by atoms with Gasteiger partial charge in [0.1, 0.15) is 0 Å². The maximum absolute atomic E-state index is 13.6. The molecule has 118 valence electrons. The lowest BCUT2D eigenvalue weighted by molar-refractivity contribution is -0.132. The number of halogens is 3. The van der Waals surface area contributed by atoms with Crippen LogP contribution in [0.1, 0.15) is 18.4 Å². The summed E-state index contributed by atoms with van der Waals surface area (Å²) in [5.41, 5.74) is 0.130. The van der Waals surface area contributed by atoms with E-state index in [0.717, 1.165) is 25.5 Å². The van der Waals surface area contributed by atoms with Gasteiger partial charge in [-0.25, -0.2) is 8.78 Å². The number of hydrogen-bond acceptors (Lipinski definition) is 2. The summed E-state index contributed by atoms with van der Waals surface area (Å²) >= 11 is 0. The number of rotatable bonds is 4. The lowest BCUT2D eigenvalue weighted by Crippen LogP contribution is -2.43. The lowest BCUT2D eigenvalue weighted by Gasteiger charge is -2.32. The summed E-state index contributed by atoms with van der Waals surface area (Å²) in [6, 6.07) is 3.96. The first-order valence-electron chi connectivity index (χ1n) is 6.97. The fourth-order valence-corrected chi connectivity index (χ4v) is 2.71. The van der Waals surface area contributed by atoms with Crippen molar-refractivity contribution in [3.05, 3.63) is 35.4 Å². The summed E-state index contributed by atoms with van der Waals surface area (Å²) in [6.07, 6.45) is 1.98. The van der Waals surface area contributed by atoms with Gasteiger partial charge in [0.25, 0.3) is 0 Å². The number of carbonyl (C=O) groups is 1. The quantitative estimate of drug-likeness (QED) is 0.924. The van der Waals surface area contributed by atoms with E-state index in [1.165, 1.54) is 12.1 Å². The van der Waals surface area contributed by atoms with Crippen LogP contribution < -0.4 is 5.32 Å². The van der Waals surface area contributed by atoms with Crippen molar-refractivity contribution in [2.75, 3.05) is 26.7 Å². The molecule has 1 unspecified atom stereocenters. The molecule has 0 aromatic heterocycles. The van der Waals surface area contributed by atoms with Crippen LogP contribution in [0.2, 0.25) is 0 Å². The number of hydrogen-bond donors (Lipinski definition) is 1. The molecule has 3 nitrogen and oxygen atoms in total. The molecule has 0 aliphatic carbocycles. The minimum Gasteiger partial charge on any atom is -0.342 e. The van der Waals surface area contributed by atoms with E-state index >= 15 is 0 Å². The predicted molar refractivity (Wildman–Crippen MR) is 80.5 cm³/mol. The molecule has 6 heteroatoms. The van der Waals surface area contributed by atoms with E-state index in [2.05, 4.69) is 5.32 Å². The summed E-state index contributed by atoms with van der Waals surface area (Å²) in [5, 5.41) is 3.12. The van der Waals surface area contributed by atoms with Crippen molar-refractivity contribution >= 4 is 18.3 Å². The van der Waals surface area contributed by atoms with Gasteiger partial charge < -0.3 is 10.2 Å². The van der Waals surface area contributed by atoms with Crippen LogP contribution in [0.3, 0.4) is 0 Å². The maximum Gasteiger partial charge on any atom is 0.227 e. The standard InChI is InChI=1S/C15H20F2N2O.ClH/c1-18-9-11-4-3-7-19(10-11)14(20)8-12-5-2-6-13(16)15(12)17;/h2,5-6,11,18H,3-4,7-10H2,1H3;1H. The SMILES string of the molecule is CNCC1CCCN(C(=O)Cc2cccc(F)c2F)C1.Cl. The normalized spacial score (nSPS) is 18.2. The van der Waals surface area contributed by atoms with Gasteiger partial charge in [0.05, 0.1) is 6.42 Å². The summed E-state index contributed by atoms with van der Waals surface area (Å²) in [4.78, 5) is 14.0. The van der Waals surface area contributed by atoms with Crippen LogP contribution in [0.25, 0.3) is 0 Å². The van der Waals surface area contributed by atoms with Crippen LogP contribution in [0, 0.1) is 17.6 Å². The molecule has 1 aliphatic heterocycles.